The molecule has 1 N–H and O–H groups in total. The predicted octanol–water partition coefficient (Wildman–Crippen LogP) is 2.15. The van der Waals surface area contributed by atoms with E-state index in [1.807, 2.05) is 6.07 Å². The van der Waals surface area contributed by atoms with E-state index in [1.165, 1.54) is 0 Å². The number of hydrogen-bond acceptors (Lipinski definition) is 5. The molecule has 2 rings (SSSR count). The molecular formula is C14H20ClNO4. The molecule has 1 aliphatic heterocycles. The van der Waals surface area contributed by atoms with Gasteiger partial charge in [-0.15, -0.1) is 0 Å². The summed E-state index contributed by atoms with van der Waals surface area (Å²) < 4.78 is 16.6. The lowest BCUT2D eigenvalue weighted by Crippen LogP contribution is -2.30. The molecule has 1 fully saturated rings. The Morgan fingerprint density at radius 1 is 1.55 bits per heavy atom. The molecule has 6 heteroatoms. The molecule has 0 amide bonds. The molecule has 2 atom stereocenters. The number of aromatic nitrogens is 1. The van der Waals surface area contributed by atoms with Crippen LogP contribution in [-0.4, -0.2) is 43.1 Å². The van der Waals surface area contributed by atoms with Crippen molar-refractivity contribution in [2.45, 2.75) is 31.5 Å². The zero-order valence-corrected chi connectivity index (χ0v) is 12.5. The molecule has 2 unspecified atom stereocenters. The van der Waals surface area contributed by atoms with E-state index in [-0.39, 0.29) is 6.10 Å². The number of halogens is 1. The third kappa shape index (κ3) is 3.61. The molecule has 1 aromatic rings. The number of hydrogen-bond donors (Lipinski definition) is 1. The lowest BCUT2D eigenvalue weighted by Gasteiger charge is -2.25. The summed E-state index contributed by atoms with van der Waals surface area (Å²) >= 11 is 6.05. The first kappa shape index (κ1) is 15.5. The van der Waals surface area contributed by atoms with Crippen LogP contribution >= 0.6 is 11.6 Å². The average Bonchev–Trinajstić information content (AvgIpc) is 2.87. The van der Waals surface area contributed by atoms with Crippen molar-refractivity contribution in [1.29, 1.82) is 0 Å². The molecule has 0 aliphatic carbocycles. The minimum Gasteiger partial charge on any atom is -0.493 e. The Hall–Kier alpha value is -0.880. The fraction of sp³-hybridized carbons (Fsp3) is 0.643. The van der Waals surface area contributed by atoms with Gasteiger partial charge in [0.15, 0.2) is 0 Å². The second kappa shape index (κ2) is 6.72. The first-order chi connectivity index (χ1) is 9.55. The van der Waals surface area contributed by atoms with Crippen molar-refractivity contribution < 1.29 is 19.3 Å². The van der Waals surface area contributed by atoms with Crippen LogP contribution in [0.5, 0.6) is 5.75 Å². The highest BCUT2D eigenvalue weighted by molar-refractivity contribution is 6.29. The lowest BCUT2D eigenvalue weighted by molar-refractivity contribution is -0.0247. The number of ether oxygens (including phenoxy) is 3. The second-order valence-corrected chi connectivity index (χ2v) is 5.39. The molecule has 1 aliphatic rings. The molecule has 1 aromatic heterocycles. The van der Waals surface area contributed by atoms with Crippen molar-refractivity contribution in [2.75, 3.05) is 26.9 Å². The fourth-order valence-electron chi connectivity index (χ4n) is 2.15. The number of rotatable bonds is 6. The fourth-order valence-corrected chi connectivity index (χ4v) is 2.35. The standard InChI is InChI=1S/C14H20ClNO4/c1-10(17)3-5-20-11-7-12(16-13(15)8-11)14(18-2)4-6-19-9-14/h7-8,10,17H,3-6,9H2,1-2H3. The van der Waals surface area contributed by atoms with Gasteiger partial charge in [-0.2, -0.15) is 0 Å². The van der Waals surface area contributed by atoms with Crippen molar-refractivity contribution in [3.8, 4) is 5.75 Å². The molecule has 0 radical (unpaired) electrons. The SMILES string of the molecule is COC1(c2cc(OCCC(C)O)cc(Cl)n2)CCOC1. The maximum Gasteiger partial charge on any atom is 0.135 e. The van der Waals surface area contributed by atoms with Crippen molar-refractivity contribution in [1.82, 2.24) is 4.98 Å². The van der Waals surface area contributed by atoms with Gasteiger partial charge in [0, 0.05) is 38.7 Å². The van der Waals surface area contributed by atoms with Crippen molar-refractivity contribution in [2.24, 2.45) is 0 Å². The first-order valence-electron chi connectivity index (χ1n) is 6.67. The van der Waals surface area contributed by atoms with Crippen LogP contribution < -0.4 is 4.74 Å². The molecule has 0 saturated carbocycles. The monoisotopic (exact) mass is 301 g/mol. The van der Waals surface area contributed by atoms with Crippen molar-refractivity contribution in [3.05, 3.63) is 23.0 Å². The quantitative estimate of drug-likeness (QED) is 0.816. The molecule has 0 bridgehead atoms. The Morgan fingerprint density at radius 3 is 2.95 bits per heavy atom. The largest absolute Gasteiger partial charge is 0.493 e. The van der Waals surface area contributed by atoms with Gasteiger partial charge in [-0.3, -0.25) is 0 Å². The summed E-state index contributed by atoms with van der Waals surface area (Å²) in [6, 6.07) is 3.48. The van der Waals surface area contributed by atoms with Gasteiger partial charge in [0.1, 0.15) is 16.5 Å². The van der Waals surface area contributed by atoms with Gasteiger partial charge in [-0.05, 0) is 6.92 Å². The minimum atomic E-state index is -0.548. The third-order valence-electron chi connectivity index (χ3n) is 3.41. The Bertz CT molecular complexity index is 447. The topological polar surface area (TPSA) is 60.8 Å². The van der Waals surface area contributed by atoms with Gasteiger partial charge in [0.05, 0.1) is 25.0 Å². The Labute approximate surface area is 123 Å². The number of aliphatic hydroxyl groups excluding tert-OH is 1. The van der Waals surface area contributed by atoms with Crippen LogP contribution in [0.1, 0.15) is 25.5 Å². The summed E-state index contributed by atoms with van der Waals surface area (Å²) in [5.41, 5.74) is 0.171. The van der Waals surface area contributed by atoms with Crippen molar-refractivity contribution in [3.63, 3.8) is 0 Å². The van der Waals surface area contributed by atoms with E-state index in [0.717, 1.165) is 12.1 Å². The predicted molar refractivity (Wildman–Crippen MR) is 75.2 cm³/mol. The van der Waals surface area contributed by atoms with Crippen LogP contribution in [0.3, 0.4) is 0 Å². The molecule has 20 heavy (non-hydrogen) atoms. The summed E-state index contributed by atoms with van der Waals surface area (Å²) in [4.78, 5) is 4.33. The van der Waals surface area contributed by atoms with Gasteiger partial charge in [0.2, 0.25) is 0 Å². The highest BCUT2D eigenvalue weighted by atomic mass is 35.5. The number of nitrogens with zero attached hydrogens (tertiary/aromatic N) is 1. The van der Waals surface area contributed by atoms with Gasteiger partial charge in [-0.1, -0.05) is 11.6 Å². The Morgan fingerprint density at radius 2 is 2.35 bits per heavy atom. The molecule has 112 valence electrons. The number of pyridine rings is 1. The van der Waals surface area contributed by atoms with Gasteiger partial charge < -0.3 is 19.3 Å². The van der Waals surface area contributed by atoms with Crippen molar-refractivity contribution >= 4 is 11.6 Å². The lowest BCUT2D eigenvalue weighted by atomic mass is 9.98. The van der Waals surface area contributed by atoms with E-state index >= 15 is 0 Å². The normalized spacial score (nSPS) is 23.8. The maximum atomic E-state index is 9.24. The van der Waals surface area contributed by atoms with Crippen LogP contribution in [0.25, 0.3) is 0 Å². The number of aliphatic hydroxyl groups is 1. The molecule has 1 saturated heterocycles. The maximum absolute atomic E-state index is 9.24. The average molecular weight is 302 g/mol. The van der Waals surface area contributed by atoms with Gasteiger partial charge in [-0.25, -0.2) is 4.98 Å². The molecule has 0 spiro atoms. The van der Waals surface area contributed by atoms with Crippen LogP contribution in [0.15, 0.2) is 12.1 Å². The van der Waals surface area contributed by atoms with E-state index in [9.17, 15) is 5.11 Å². The highest BCUT2D eigenvalue weighted by Gasteiger charge is 2.38. The summed E-state index contributed by atoms with van der Waals surface area (Å²) in [6.45, 7) is 3.25. The number of methoxy groups -OCH3 is 1. The van der Waals surface area contributed by atoms with E-state index in [0.29, 0.717) is 37.1 Å². The van der Waals surface area contributed by atoms with E-state index < -0.39 is 5.60 Å². The van der Waals surface area contributed by atoms with Gasteiger partial charge >= 0.3 is 0 Å². The molecule has 5 nitrogen and oxygen atoms in total. The summed E-state index contributed by atoms with van der Waals surface area (Å²) in [5, 5.41) is 9.60. The second-order valence-electron chi connectivity index (χ2n) is 5.00. The smallest absolute Gasteiger partial charge is 0.135 e. The van der Waals surface area contributed by atoms with E-state index in [1.54, 1.807) is 20.1 Å². The molecular weight excluding hydrogens is 282 g/mol. The van der Waals surface area contributed by atoms with Crippen LogP contribution in [0, 0.1) is 0 Å². The van der Waals surface area contributed by atoms with E-state index in [2.05, 4.69) is 4.98 Å². The zero-order valence-electron chi connectivity index (χ0n) is 11.8. The Balaban J connectivity index is 2.15. The summed E-state index contributed by atoms with van der Waals surface area (Å²) in [7, 11) is 1.64. The van der Waals surface area contributed by atoms with E-state index in [4.69, 9.17) is 25.8 Å². The van der Waals surface area contributed by atoms with Gasteiger partial charge in [0.25, 0.3) is 0 Å². The van der Waals surface area contributed by atoms with Crippen LogP contribution in [0.2, 0.25) is 5.15 Å². The zero-order chi connectivity index (χ0) is 14.6. The minimum absolute atomic E-state index is 0.359. The first-order valence-corrected chi connectivity index (χ1v) is 7.05. The highest BCUT2D eigenvalue weighted by Crippen LogP contribution is 2.35. The Kier molecular flexibility index (Phi) is 5.21. The van der Waals surface area contributed by atoms with Crippen LogP contribution in [-0.2, 0) is 15.1 Å². The summed E-state index contributed by atoms with van der Waals surface area (Å²) in [6.07, 6.45) is 0.915. The summed E-state index contributed by atoms with van der Waals surface area (Å²) in [5.74, 6) is 0.629. The van der Waals surface area contributed by atoms with Crippen LogP contribution in [0.4, 0.5) is 0 Å². The third-order valence-corrected chi connectivity index (χ3v) is 3.61. The molecule has 0 aromatic carbocycles. The molecule has 2 heterocycles.